The van der Waals surface area contributed by atoms with Gasteiger partial charge in [0.2, 0.25) is 0 Å². The third kappa shape index (κ3) is 7.53. The van der Waals surface area contributed by atoms with Gasteiger partial charge in [0.25, 0.3) is 0 Å². The summed E-state index contributed by atoms with van der Waals surface area (Å²) in [5.74, 6) is -7.52. The van der Waals surface area contributed by atoms with Crippen molar-refractivity contribution in [1.82, 2.24) is 0 Å². The van der Waals surface area contributed by atoms with Gasteiger partial charge in [-0.3, -0.25) is 0 Å². The van der Waals surface area contributed by atoms with Gasteiger partial charge < -0.3 is 0 Å². The second kappa shape index (κ2) is 5.80. The van der Waals surface area contributed by atoms with E-state index >= 15 is 0 Å². The van der Waals surface area contributed by atoms with Crippen LogP contribution in [0.25, 0.3) is 0 Å². The SMILES string of the molecule is O=S(=O)(CCCC(F)(F)C(F)(F)F)CCC(F)(F)F. The molecule has 19 heavy (non-hydrogen) atoms. The van der Waals surface area contributed by atoms with Crippen molar-refractivity contribution in [2.24, 2.45) is 0 Å². The van der Waals surface area contributed by atoms with E-state index in [1.165, 1.54) is 0 Å². The van der Waals surface area contributed by atoms with Crippen molar-refractivity contribution in [1.29, 1.82) is 0 Å². The van der Waals surface area contributed by atoms with Gasteiger partial charge in [0.1, 0.15) is 0 Å². The fourth-order valence-electron chi connectivity index (χ4n) is 1.03. The maximum atomic E-state index is 12.4. The molecule has 0 fully saturated rings. The second-order valence-electron chi connectivity index (χ2n) is 3.82. The first-order valence-corrected chi connectivity index (χ1v) is 6.70. The van der Waals surface area contributed by atoms with Crippen LogP contribution in [0.1, 0.15) is 19.3 Å². The number of halogens is 8. The van der Waals surface area contributed by atoms with Crippen molar-refractivity contribution >= 4 is 9.84 Å². The summed E-state index contributed by atoms with van der Waals surface area (Å²) < 4.78 is 117. The number of sulfone groups is 1. The van der Waals surface area contributed by atoms with Gasteiger partial charge in [0.15, 0.2) is 9.84 Å². The molecule has 0 saturated heterocycles. The largest absolute Gasteiger partial charge is 0.453 e. The van der Waals surface area contributed by atoms with Gasteiger partial charge in [-0.15, -0.1) is 0 Å². The molecule has 0 atom stereocenters. The zero-order valence-electron chi connectivity index (χ0n) is 9.28. The van der Waals surface area contributed by atoms with Crippen molar-refractivity contribution in [3.05, 3.63) is 0 Å². The topological polar surface area (TPSA) is 34.1 Å². The normalized spacial score (nSPS) is 14.7. The van der Waals surface area contributed by atoms with Crippen LogP contribution in [-0.4, -0.2) is 38.2 Å². The fraction of sp³-hybridized carbons (Fsp3) is 1.00. The summed E-state index contributed by atoms with van der Waals surface area (Å²) in [5.41, 5.74) is 0. The molecule has 0 aromatic heterocycles. The lowest BCUT2D eigenvalue weighted by atomic mass is 10.2. The van der Waals surface area contributed by atoms with Crippen LogP contribution in [0.2, 0.25) is 0 Å². The van der Waals surface area contributed by atoms with E-state index in [1.807, 2.05) is 0 Å². The van der Waals surface area contributed by atoms with Crippen molar-refractivity contribution in [2.75, 3.05) is 11.5 Å². The molecule has 11 heteroatoms. The van der Waals surface area contributed by atoms with Gasteiger partial charge in [0, 0.05) is 6.42 Å². The summed E-state index contributed by atoms with van der Waals surface area (Å²) in [6, 6.07) is 0. The molecule has 0 aliphatic carbocycles. The summed E-state index contributed by atoms with van der Waals surface area (Å²) in [6.45, 7) is 0. The lowest BCUT2D eigenvalue weighted by Crippen LogP contribution is -2.36. The molecule has 0 aliphatic heterocycles. The van der Waals surface area contributed by atoms with E-state index in [0.717, 1.165) is 0 Å². The maximum absolute atomic E-state index is 12.4. The zero-order chi connectivity index (χ0) is 15.5. The molecular formula is C8H10F8O2S. The summed E-state index contributed by atoms with van der Waals surface area (Å²) in [6.07, 6.45) is -15.0. The molecule has 0 aliphatic rings. The van der Waals surface area contributed by atoms with Crippen LogP contribution in [0.5, 0.6) is 0 Å². The average Bonchev–Trinajstić information content (AvgIpc) is 2.11. The van der Waals surface area contributed by atoms with E-state index in [0.29, 0.717) is 0 Å². The van der Waals surface area contributed by atoms with Gasteiger partial charge in [-0.2, -0.15) is 35.1 Å². The average molecular weight is 322 g/mol. The smallest absolute Gasteiger partial charge is 0.229 e. The Morgan fingerprint density at radius 3 is 1.58 bits per heavy atom. The summed E-state index contributed by atoms with van der Waals surface area (Å²) in [4.78, 5) is 0. The van der Waals surface area contributed by atoms with Crippen LogP contribution in [0.4, 0.5) is 35.1 Å². The summed E-state index contributed by atoms with van der Waals surface area (Å²) in [7, 11) is -4.30. The first kappa shape index (κ1) is 18.4. The van der Waals surface area contributed by atoms with Gasteiger partial charge in [-0.25, -0.2) is 8.42 Å². The van der Waals surface area contributed by atoms with Crippen LogP contribution < -0.4 is 0 Å². The molecule has 0 aromatic rings. The number of alkyl halides is 8. The lowest BCUT2D eigenvalue weighted by Gasteiger charge is -2.19. The third-order valence-electron chi connectivity index (χ3n) is 2.06. The molecule has 0 aromatic carbocycles. The van der Waals surface area contributed by atoms with E-state index < -0.39 is 58.9 Å². The Hall–Kier alpha value is -0.610. The second-order valence-corrected chi connectivity index (χ2v) is 6.13. The van der Waals surface area contributed by atoms with Crippen LogP contribution in [-0.2, 0) is 9.84 Å². The van der Waals surface area contributed by atoms with Gasteiger partial charge in [0.05, 0.1) is 17.9 Å². The van der Waals surface area contributed by atoms with E-state index in [2.05, 4.69) is 0 Å². The minimum Gasteiger partial charge on any atom is -0.229 e. The lowest BCUT2D eigenvalue weighted by molar-refractivity contribution is -0.284. The van der Waals surface area contributed by atoms with Gasteiger partial charge in [-0.05, 0) is 6.42 Å². The summed E-state index contributed by atoms with van der Waals surface area (Å²) in [5, 5.41) is 0. The highest BCUT2D eigenvalue weighted by atomic mass is 32.2. The van der Waals surface area contributed by atoms with Crippen molar-refractivity contribution in [3.63, 3.8) is 0 Å². The van der Waals surface area contributed by atoms with Gasteiger partial charge >= 0.3 is 18.3 Å². The summed E-state index contributed by atoms with van der Waals surface area (Å²) >= 11 is 0. The van der Waals surface area contributed by atoms with E-state index in [9.17, 15) is 43.5 Å². The molecule has 116 valence electrons. The molecule has 0 unspecified atom stereocenters. The van der Waals surface area contributed by atoms with Crippen LogP contribution in [0.15, 0.2) is 0 Å². The van der Waals surface area contributed by atoms with Crippen molar-refractivity contribution < 1.29 is 43.5 Å². The highest BCUT2D eigenvalue weighted by Crippen LogP contribution is 2.38. The molecule has 0 heterocycles. The quantitative estimate of drug-likeness (QED) is 0.703. The van der Waals surface area contributed by atoms with Crippen LogP contribution in [0.3, 0.4) is 0 Å². The van der Waals surface area contributed by atoms with Gasteiger partial charge in [-0.1, -0.05) is 0 Å². The van der Waals surface area contributed by atoms with Crippen molar-refractivity contribution in [2.45, 2.75) is 37.5 Å². The highest BCUT2D eigenvalue weighted by Gasteiger charge is 2.56. The Morgan fingerprint density at radius 2 is 1.21 bits per heavy atom. The number of hydrogen-bond donors (Lipinski definition) is 0. The molecule has 0 spiro atoms. The standard InChI is InChI=1S/C8H10F8O2S/c9-6(10,8(14,15)16)2-1-4-19(17,18)5-3-7(11,12)13/h1-5H2. The Kier molecular flexibility index (Phi) is 5.61. The Bertz CT molecular complexity index is 381. The number of hydrogen-bond acceptors (Lipinski definition) is 2. The predicted molar refractivity (Wildman–Crippen MR) is 49.6 cm³/mol. The first-order chi connectivity index (χ1) is 8.16. The van der Waals surface area contributed by atoms with Crippen LogP contribution >= 0.6 is 0 Å². The molecule has 0 bridgehead atoms. The van der Waals surface area contributed by atoms with Crippen LogP contribution in [0, 0.1) is 0 Å². The van der Waals surface area contributed by atoms with E-state index in [1.54, 1.807) is 0 Å². The molecule has 0 radical (unpaired) electrons. The maximum Gasteiger partial charge on any atom is 0.453 e. The minimum atomic E-state index is -5.80. The Balaban J connectivity index is 4.28. The van der Waals surface area contributed by atoms with E-state index in [4.69, 9.17) is 0 Å². The Labute approximate surface area is 103 Å². The zero-order valence-corrected chi connectivity index (χ0v) is 10.1. The molecule has 0 N–H and O–H groups in total. The molecule has 0 saturated carbocycles. The molecule has 0 rings (SSSR count). The third-order valence-corrected chi connectivity index (χ3v) is 3.79. The number of rotatable bonds is 6. The highest BCUT2D eigenvalue weighted by molar-refractivity contribution is 7.91. The Morgan fingerprint density at radius 1 is 0.737 bits per heavy atom. The first-order valence-electron chi connectivity index (χ1n) is 4.88. The predicted octanol–water partition coefficient (Wildman–Crippen LogP) is 3.33. The molecule has 0 amide bonds. The van der Waals surface area contributed by atoms with Crippen molar-refractivity contribution in [3.8, 4) is 0 Å². The fourth-order valence-corrected chi connectivity index (χ4v) is 2.36. The molecule has 2 nitrogen and oxygen atoms in total. The monoisotopic (exact) mass is 322 g/mol. The minimum absolute atomic E-state index is 1.06. The van der Waals surface area contributed by atoms with E-state index in [-0.39, 0.29) is 0 Å². The molecular weight excluding hydrogens is 312 g/mol.